The predicted octanol–water partition coefficient (Wildman–Crippen LogP) is 3.56. The second-order valence-corrected chi connectivity index (χ2v) is 7.26. The van der Waals surface area contributed by atoms with Gasteiger partial charge in [-0.05, 0) is 44.8 Å². The molecule has 0 atom stereocenters. The van der Waals surface area contributed by atoms with E-state index in [1.54, 1.807) is 0 Å². The molecule has 0 radical (unpaired) electrons. The summed E-state index contributed by atoms with van der Waals surface area (Å²) in [6.45, 7) is 6.39. The predicted molar refractivity (Wildman–Crippen MR) is 102 cm³/mol. The fourth-order valence-corrected chi connectivity index (χ4v) is 3.65. The summed E-state index contributed by atoms with van der Waals surface area (Å²) < 4.78 is 2.19. The van der Waals surface area contributed by atoms with Gasteiger partial charge in [0, 0.05) is 49.0 Å². The molecule has 1 aromatic carbocycles. The van der Waals surface area contributed by atoms with Gasteiger partial charge < -0.3 is 4.57 Å². The molecule has 0 saturated carbocycles. The van der Waals surface area contributed by atoms with Gasteiger partial charge in [0.15, 0.2) is 5.82 Å². The normalized spacial score (nSPS) is 16.0. The fraction of sp³-hybridized carbons (Fsp3) is 0.381. The lowest BCUT2D eigenvalue weighted by Crippen LogP contribution is -2.34. The van der Waals surface area contributed by atoms with Gasteiger partial charge in [-0.25, -0.2) is 15.0 Å². The summed E-state index contributed by atoms with van der Waals surface area (Å²) in [7, 11) is 0. The quantitative estimate of drug-likeness (QED) is 0.708. The molecule has 5 nitrogen and oxygen atoms in total. The zero-order valence-corrected chi connectivity index (χ0v) is 15.3. The van der Waals surface area contributed by atoms with Crippen molar-refractivity contribution in [2.24, 2.45) is 5.92 Å². The molecule has 1 fully saturated rings. The number of benzene rings is 1. The summed E-state index contributed by atoms with van der Waals surface area (Å²) in [6, 6.07) is 8.33. The Labute approximate surface area is 154 Å². The van der Waals surface area contributed by atoms with Crippen LogP contribution in [0.1, 0.15) is 24.0 Å². The molecular weight excluding hydrogens is 322 g/mol. The summed E-state index contributed by atoms with van der Waals surface area (Å²) in [5.74, 6) is 1.55. The number of nitrogens with zero attached hydrogens (tertiary/aromatic N) is 5. The van der Waals surface area contributed by atoms with Crippen LogP contribution in [0.4, 0.5) is 0 Å². The highest BCUT2D eigenvalue weighted by Gasteiger charge is 2.19. The van der Waals surface area contributed by atoms with Crippen molar-refractivity contribution >= 4 is 0 Å². The molecule has 1 aliphatic heterocycles. The molecule has 0 aliphatic carbocycles. The first-order valence-electron chi connectivity index (χ1n) is 9.32. The van der Waals surface area contributed by atoms with E-state index in [0.717, 1.165) is 43.5 Å². The van der Waals surface area contributed by atoms with Crippen LogP contribution in [0.2, 0.25) is 0 Å². The Balaban J connectivity index is 1.31. The van der Waals surface area contributed by atoms with Crippen molar-refractivity contribution in [3.8, 4) is 11.4 Å². The molecule has 4 rings (SSSR count). The number of aryl methyl sites for hydroxylation is 1. The number of rotatable bonds is 5. The van der Waals surface area contributed by atoms with Crippen molar-refractivity contribution < 1.29 is 0 Å². The Morgan fingerprint density at radius 2 is 1.92 bits per heavy atom. The third-order valence-corrected chi connectivity index (χ3v) is 5.12. The molecular formula is C21H25N5. The number of aromatic nitrogens is 4. The van der Waals surface area contributed by atoms with Crippen LogP contribution in [-0.2, 0) is 13.1 Å². The van der Waals surface area contributed by atoms with Gasteiger partial charge in [-0.15, -0.1) is 0 Å². The van der Waals surface area contributed by atoms with Crippen LogP contribution in [0.5, 0.6) is 0 Å². The van der Waals surface area contributed by atoms with E-state index < -0.39 is 0 Å². The van der Waals surface area contributed by atoms with Crippen molar-refractivity contribution in [3.05, 3.63) is 66.5 Å². The van der Waals surface area contributed by atoms with Crippen LogP contribution in [-0.4, -0.2) is 37.5 Å². The SMILES string of the molecule is Cc1cccc(-c2ncc(CN3CCC(Cn4ccnc4)CC3)cn2)c1. The molecule has 0 N–H and O–H groups in total. The Hall–Kier alpha value is -2.53. The number of imidazole rings is 1. The second-order valence-electron chi connectivity index (χ2n) is 7.26. The third-order valence-electron chi connectivity index (χ3n) is 5.12. The molecule has 3 heterocycles. The van der Waals surface area contributed by atoms with E-state index in [0.29, 0.717) is 0 Å². The van der Waals surface area contributed by atoms with E-state index in [2.05, 4.69) is 61.8 Å². The van der Waals surface area contributed by atoms with E-state index in [1.807, 2.05) is 24.9 Å². The number of hydrogen-bond donors (Lipinski definition) is 0. The van der Waals surface area contributed by atoms with Crippen LogP contribution in [0.3, 0.4) is 0 Å². The first kappa shape index (κ1) is 16.9. The van der Waals surface area contributed by atoms with E-state index in [4.69, 9.17) is 0 Å². The standard InChI is InChI=1S/C21H25N5/c1-17-3-2-4-20(11-17)21-23-12-19(13-24-21)15-25-8-5-18(6-9-25)14-26-10-7-22-16-26/h2-4,7,10-13,16,18H,5-6,8-9,14-15H2,1H3. The Morgan fingerprint density at radius 3 is 2.62 bits per heavy atom. The van der Waals surface area contributed by atoms with Crippen molar-refractivity contribution in [2.75, 3.05) is 13.1 Å². The maximum Gasteiger partial charge on any atom is 0.159 e. The minimum absolute atomic E-state index is 0.750. The maximum absolute atomic E-state index is 4.57. The van der Waals surface area contributed by atoms with Crippen LogP contribution >= 0.6 is 0 Å². The van der Waals surface area contributed by atoms with Crippen molar-refractivity contribution in [2.45, 2.75) is 32.9 Å². The highest BCUT2D eigenvalue weighted by atomic mass is 15.1. The number of likely N-dealkylation sites (tertiary alicyclic amines) is 1. The lowest BCUT2D eigenvalue weighted by atomic mass is 9.96. The van der Waals surface area contributed by atoms with Crippen molar-refractivity contribution in [1.82, 2.24) is 24.4 Å². The van der Waals surface area contributed by atoms with Crippen LogP contribution in [0.15, 0.2) is 55.4 Å². The van der Waals surface area contributed by atoms with Gasteiger partial charge in [-0.2, -0.15) is 0 Å². The number of hydrogen-bond acceptors (Lipinski definition) is 4. The van der Waals surface area contributed by atoms with Gasteiger partial charge in [0.25, 0.3) is 0 Å². The minimum atomic E-state index is 0.750. The zero-order chi connectivity index (χ0) is 17.8. The van der Waals surface area contributed by atoms with Gasteiger partial charge in [0.05, 0.1) is 6.33 Å². The molecule has 0 spiro atoms. The first-order valence-corrected chi connectivity index (χ1v) is 9.32. The smallest absolute Gasteiger partial charge is 0.159 e. The third kappa shape index (κ3) is 4.17. The zero-order valence-electron chi connectivity index (χ0n) is 15.3. The molecule has 2 aromatic heterocycles. The Kier molecular flexibility index (Phi) is 5.07. The summed E-state index contributed by atoms with van der Waals surface area (Å²) in [5.41, 5.74) is 3.50. The van der Waals surface area contributed by atoms with E-state index in [9.17, 15) is 0 Å². The molecule has 1 saturated heterocycles. The lowest BCUT2D eigenvalue weighted by molar-refractivity contribution is 0.167. The lowest BCUT2D eigenvalue weighted by Gasteiger charge is -2.31. The van der Waals surface area contributed by atoms with Gasteiger partial charge in [0.2, 0.25) is 0 Å². The largest absolute Gasteiger partial charge is 0.337 e. The monoisotopic (exact) mass is 347 g/mol. The summed E-state index contributed by atoms with van der Waals surface area (Å²) >= 11 is 0. The van der Waals surface area contributed by atoms with Crippen molar-refractivity contribution in [1.29, 1.82) is 0 Å². The average molecular weight is 347 g/mol. The van der Waals surface area contributed by atoms with Crippen molar-refractivity contribution in [3.63, 3.8) is 0 Å². The van der Waals surface area contributed by atoms with Crippen LogP contribution < -0.4 is 0 Å². The van der Waals surface area contributed by atoms with Gasteiger partial charge in [-0.3, -0.25) is 4.90 Å². The summed E-state index contributed by atoms with van der Waals surface area (Å²) in [5, 5.41) is 0. The first-order chi connectivity index (χ1) is 12.8. The molecule has 0 bridgehead atoms. The molecule has 134 valence electrons. The average Bonchev–Trinajstić information content (AvgIpc) is 3.17. The van der Waals surface area contributed by atoms with Gasteiger partial charge in [-0.1, -0.05) is 23.8 Å². The minimum Gasteiger partial charge on any atom is -0.337 e. The summed E-state index contributed by atoms with van der Waals surface area (Å²) in [4.78, 5) is 15.8. The molecule has 1 aliphatic rings. The second kappa shape index (κ2) is 7.79. The highest BCUT2D eigenvalue weighted by Crippen LogP contribution is 2.21. The van der Waals surface area contributed by atoms with Crippen LogP contribution in [0, 0.1) is 12.8 Å². The van der Waals surface area contributed by atoms with Gasteiger partial charge >= 0.3 is 0 Å². The highest BCUT2D eigenvalue weighted by molar-refractivity contribution is 5.55. The topological polar surface area (TPSA) is 46.8 Å². The van der Waals surface area contributed by atoms with E-state index in [1.165, 1.54) is 24.0 Å². The maximum atomic E-state index is 4.57. The van der Waals surface area contributed by atoms with Gasteiger partial charge in [0.1, 0.15) is 0 Å². The fourth-order valence-electron chi connectivity index (χ4n) is 3.65. The molecule has 3 aromatic rings. The van der Waals surface area contributed by atoms with Crippen LogP contribution in [0.25, 0.3) is 11.4 Å². The molecule has 26 heavy (non-hydrogen) atoms. The van der Waals surface area contributed by atoms with E-state index in [-0.39, 0.29) is 0 Å². The summed E-state index contributed by atoms with van der Waals surface area (Å²) in [6.07, 6.45) is 12.2. The molecule has 0 unspecified atom stereocenters. The molecule has 0 amide bonds. The van der Waals surface area contributed by atoms with E-state index >= 15 is 0 Å². The molecule has 5 heteroatoms. The number of piperidine rings is 1. The Morgan fingerprint density at radius 1 is 1.12 bits per heavy atom. The Bertz CT molecular complexity index is 818.